The van der Waals surface area contributed by atoms with Crippen LogP contribution in [0.3, 0.4) is 0 Å². The van der Waals surface area contributed by atoms with Crippen molar-refractivity contribution in [2.75, 3.05) is 26.4 Å². The van der Waals surface area contributed by atoms with Crippen LogP contribution in [0.1, 0.15) is 341 Å². The Balaban J connectivity index is 1.35. The average Bonchev–Trinajstić information content (AvgIpc) is 0.798. The van der Waals surface area contributed by atoms with Crippen LogP contribution in [0, 0.1) is 0 Å². The van der Waals surface area contributed by atoms with Crippen LogP contribution in [-0.4, -0.2) is 193 Å². The molecule has 19 heteroatoms. The molecular formula is C77H147NO18. The molecule has 0 aromatic heterocycles. The highest BCUT2D eigenvalue weighted by Gasteiger charge is 2.54. The Kier molecular flexibility index (Phi) is 54.5. The van der Waals surface area contributed by atoms with E-state index in [1.165, 1.54) is 250 Å². The van der Waals surface area contributed by atoms with Gasteiger partial charge in [0.25, 0.3) is 0 Å². The Labute approximate surface area is 582 Å². The summed E-state index contributed by atoms with van der Waals surface area (Å²) in [5.74, 6) is -0.241. The first-order valence-electron chi connectivity index (χ1n) is 39.9. The second kappa shape index (κ2) is 59.0. The van der Waals surface area contributed by atoms with Crippen LogP contribution in [-0.2, 0) is 33.2 Å². The first-order valence-corrected chi connectivity index (χ1v) is 39.9. The lowest BCUT2D eigenvalue weighted by Gasteiger charge is -2.48. The Hall–Kier alpha value is -1.47. The third kappa shape index (κ3) is 39.3. The summed E-state index contributed by atoms with van der Waals surface area (Å²) in [7, 11) is 0. The fourth-order valence-corrected chi connectivity index (χ4v) is 13.9. The van der Waals surface area contributed by atoms with Crippen molar-refractivity contribution in [2.45, 2.75) is 446 Å². The molecule has 3 rings (SSSR count). The zero-order valence-electron chi connectivity index (χ0n) is 60.6. The van der Waals surface area contributed by atoms with Gasteiger partial charge in [-0.05, 0) is 38.5 Å². The molecule has 0 aromatic rings. The number of nitrogens with one attached hydrogen (secondary N) is 1. The monoisotopic (exact) mass is 1370 g/mol. The van der Waals surface area contributed by atoms with Crippen LogP contribution in [0.25, 0.3) is 0 Å². The first-order chi connectivity index (χ1) is 46.8. The van der Waals surface area contributed by atoms with Crippen molar-refractivity contribution in [2.24, 2.45) is 0 Å². The average molecular weight is 1380 g/mol. The van der Waals surface area contributed by atoms with Gasteiger partial charge in [-0.1, -0.05) is 309 Å². The van der Waals surface area contributed by atoms with E-state index in [0.717, 1.165) is 57.8 Å². The van der Waals surface area contributed by atoms with E-state index in [-0.39, 0.29) is 18.9 Å². The molecule has 568 valence electrons. The maximum absolute atomic E-state index is 13.5. The van der Waals surface area contributed by atoms with Gasteiger partial charge < -0.3 is 89.9 Å². The Morgan fingerprint density at radius 2 is 0.656 bits per heavy atom. The summed E-state index contributed by atoms with van der Waals surface area (Å²) >= 11 is 0. The quantitative estimate of drug-likeness (QED) is 0.0199. The van der Waals surface area contributed by atoms with E-state index in [9.17, 15) is 61.0 Å². The van der Waals surface area contributed by atoms with Crippen molar-refractivity contribution in [3.05, 3.63) is 12.2 Å². The van der Waals surface area contributed by atoms with Crippen LogP contribution >= 0.6 is 0 Å². The van der Waals surface area contributed by atoms with Crippen LogP contribution in [0.5, 0.6) is 0 Å². The van der Waals surface area contributed by atoms with Gasteiger partial charge in [-0.3, -0.25) is 4.79 Å². The largest absolute Gasteiger partial charge is 0.394 e. The molecule has 0 aromatic carbocycles. The number of hydrogen-bond donors (Lipinski definition) is 12. The molecule has 17 unspecified atom stereocenters. The third-order valence-corrected chi connectivity index (χ3v) is 20.3. The molecule has 3 aliphatic rings. The highest BCUT2D eigenvalue weighted by molar-refractivity contribution is 5.76. The van der Waals surface area contributed by atoms with Gasteiger partial charge in [0, 0.05) is 6.42 Å². The van der Waals surface area contributed by atoms with Gasteiger partial charge in [-0.2, -0.15) is 0 Å². The molecular weight excluding hydrogens is 1230 g/mol. The SMILES string of the molecule is CCCCCCCCC/C=C\CCCCCCCCCC(=O)NC(COC1OC(CO)C(OC2OC(CO)C(OC3OC(CO)C(O)C(O)C3O)C(O)C2O)C(O)C1O)C(O)CCCCCCCCCCCCCCCCCCCCCCCCCCCCCCCCCCC. The predicted octanol–water partition coefficient (Wildman–Crippen LogP) is 12.8. The molecule has 19 nitrogen and oxygen atoms in total. The molecule has 96 heavy (non-hydrogen) atoms. The molecule has 0 spiro atoms. The summed E-state index contributed by atoms with van der Waals surface area (Å²) in [6, 6.07) is -0.888. The highest BCUT2D eigenvalue weighted by atomic mass is 16.8. The molecule has 3 saturated heterocycles. The Morgan fingerprint density at radius 1 is 0.365 bits per heavy atom. The zero-order valence-corrected chi connectivity index (χ0v) is 60.6. The number of unbranched alkanes of at least 4 members (excludes halogenated alkanes) is 46. The van der Waals surface area contributed by atoms with E-state index in [4.69, 9.17) is 28.4 Å². The highest BCUT2D eigenvalue weighted by Crippen LogP contribution is 2.33. The fourth-order valence-electron chi connectivity index (χ4n) is 13.9. The molecule has 0 bridgehead atoms. The molecule has 3 heterocycles. The lowest BCUT2D eigenvalue weighted by atomic mass is 9.96. The molecule has 3 fully saturated rings. The lowest BCUT2D eigenvalue weighted by molar-refractivity contribution is -0.379. The summed E-state index contributed by atoms with van der Waals surface area (Å²) in [6.45, 7) is 1.85. The van der Waals surface area contributed by atoms with Crippen molar-refractivity contribution in [3.63, 3.8) is 0 Å². The maximum atomic E-state index is 13.5. The van der Waals surface area contributed by atoms with Gasteiger partial charge in [-0.15, -0.1) is 0 Å². The summed E-state index contributed by atoms with van der Waals surface area (Å²) in [4.78, 5) is 13.5. The van der Waals surface area contributed by atoms with Gasteiger partial charge >= 0.3 is 0 Å². The molecule has 0 radical (unpaired) electrons. The Morgan fingerprint density at radius 3 is 1.01 bits per heavy atom. The number of aliphatic hydroxyl groups excluding tert-OH is 11. The lowest BCUT2D eigenvalue weighted by Crippen LogP contribution is -2.66. The molecule has 0 aliphatic carbocycles. The minimum Gasteiger partial charge on any atom is -0.394 e. The minimum absolute atomic E-state index is 0.241. The maximum Gasteiger partial charge on any atom is 0.220 e. The minimum atomic E-state index is -1.97. The smallest absolute Gasteiger partial charge is 0.220 e. The van der Waals surface area contributed by atoms with E-state index < -0.39 is 124 Å². The van der Waals surface area contributed by atoms with Crippen molar-refractivity contribution >= 4 is 5.91 Å². The molecule has 3 aliphatic heterocycles. The topological polar surface area (TPSA) is 307 Å². The van der Waals surface area contributed by atoms with Crippen molar-refractivity contribution in [1.29, 1.82) is 0 Å². The number of carbonyl (C=O) groups is 1. The Bertz CT molecular complexity index is 1790. The number of ether oxygens (including phenoxy) is 6. The zero-order chi connectivity index (χ0) is 69.6. The molecule has 1 amide bonds. The fraction of sp³-hybridized carbons (Fsp3) is 0.961. The summed E-state index contributed by atoms with van der Waals surface area (Å²) in [6.07, 6.45) is 41.7. The van der Waals surface area contributed by atoms with E-state index in [2.05, 4.69) is 31.3 Å². The van der Waals surface area contributed by atoms with Crippen molar-refractivity contribution < 1.29 is 89.4 Å². The third-order valence-electron chi connectivity index (χ3n) is 20.3. The van der Waals surface area contributed by atoms with Gasteiger partial charge in [0.15, 0.2) is 18.9 Å². The normalized spacial score (nSPS) is 27.0. The van der Waals surface area contributed by atoms with E-state index in [1.54, 1.807) is 0 Å². The summed E-state index contributed by atoms with van der Waals surface area (Å²) in [5, 5.41) is 121. The summed E-state index contributed by atoms with van der Waals surface area (Å²) < 4.78 is 34.5. The number of hydrogen-bond acceptors (Lipinski definition) is 18. The van der Waals surface area contributed by atoms with Crippen LogP contribution in [0.4, 0.5) is 0 Å². The van der Waals surface area contributed by atoms with Crippen molar-refractivity contribution in [3.8, 4) is 0 Å². The van der Waals surface area contributed by atoms with Crippen LogP contribution in [0.2, 0.25) is 0 Å². The second-order valence-corrected chi connectivity index (χ2v) is 28.9. The van der Waals surface area contributed by atoms with Gasteiger partial charge in [0.05, 0.1) is 38.6 Å². The molecule has 17 atom stereocenters. The standard InChI is InChI=1S/C77H147NO18/c1-3-5-7-9-11-13-15-17-19-21-23-24-25-26-27-28-29-30-31-32-33-34-35-36-37-38-40-42-44-46-48-50-52-54-61(82)60(78-65(83)55-53-51-49-47-45-43-41-39-22-20-18-16-14-12-10-8-6-4-2)59-91-75-71(89)68(86)73(63(57-80)93-75)96-77-72(90)69(87)74(64(58-81)94-77)95-76-70(88)67(85)66(84)62(56-79)92-76/h20,22,60-64,66-77,79-82,84-90H,3-19,21,23-59H2,1-2H3,(H,78,83)/b22-20-. The number of carbonyl (C=O) groups excluding carboxylic acids is 1. The van der Waals surface area contributed by atoms with E-state index >= 15 is 0 Å². The van der Waals surface area contributed by atoms with E-state index in [0.29, 0.717) is 12.8 Å². The second-order valence-electron chi connectivity index (χ2n) is 28.9. The van der Waals surface area contributed by atoms with Gasteiger partial charge in [-0.25, -0.2) is 0 Å². The number of rotatable bonds is 64. The first kappa shape index (κ1) is 88.7. The van der Waals surface area contributed by atoms with Crippen LogP contribution in [0.15, 0.2) is 12.2 Å². The predicted molar refractivity (Wildman–Crippen MR) is 379 cm³/mol. The van der Waals surface area contributed by atoms with E-state index in [1.807, 2.05) is 0 Å². The van der Waals surface area contributed by atoms with Gasteiger partial charge in [0.2, 0.25) is 5.91 Å². The molecule has 0 saturated carbocycles. The van der Waals surface area contributed by atoms with Crippen LogP contribution < -0.4 is 5.32 Å². The van der Waals surface area contributed by atoms with Gasteiger partial charge in [0.1, 0.15) is 73.2 Å². The number of aliphatic hydroxyl groups is 11. The number of amides is 1. The number of allylic oxidation sites excluding steroid dienone is 2. The summed E-state index contributed by atoms with van der Waals surface area (Å²) in [5.41, 5.74) is 0. The van der Waals surface area contributed by atoms with Crippen molar-refractivity contribution in [1.82, 2.24) is 5.32 Å². The molecule has 12 N–H and O–H groups in total.